The average Bonchev–Trinajstić information content (AvgIpc) is 2.88. The van der Waals surface area contributed by atoms with E-state index in [4.69, 9.17) is 4.52 Å². The van der Waals surface area contributed by atoms with Crippen LogP contribution in [0.4, 0.5) is 5.69 Å². The third kappa shape index (κ3) is 4.08. The van der Waals surface area contributed by atoms with Crippen LogP contribution in [0, 0.1) is 13.8 Å². The SMILES string of the molecule is CCCNc1cc(C)ccc1C(=O)NCc1cc(C)on1. The molecule has 0 aliphatic heterocycles. The smallest absolute Gasteiger partial charge is 0.253 e. The molecule has 2 rings (SSSR count). The third-order valence-electron chi connectivity index (χ3n) is 3.09. The maximum absolute atomic E-state index is 12.3. The lowest BCUT2D eigenvalue weighted by atomic mass is 10.1. The Morgan fingerprint density at radius 3 is 2.76 bits per heavy atom. The predicted octanol–water partition coefficient (Wildman–Crippen LogP) is 3.04. The second-order valence-corrected chi connectivity index (χ2v) is 5.09. The number of hydrogen-bond donors (Lipinski definition) is 2. The predicted molar refractivity (Wildman–Crippen MR) is 82.4 cm³/mol. The van der Waals surface area contributed by atoms with Crippen LogP contribution in [0.25, 0.3) is 0 Å². The summed E-state index contributed by atoms with van der Waals surface area (Å²) >= 11 is 0. The summed E-state index contributed by atoms with van der Waals surface area (Å²) in [6, 6.07) is 7.58. The molecule has 0 saturated heterocycles. The Morgan fingerprint density at radius 2 is 2.10 bits per heavy atom. The zero-order valence-corrected chi connectivity index (χ0v) is 12.7. The molecule has 2 N–H and O–H groups in total. The van der Waals surface area contributed by atoms with Gasteiger partial charge in [-0.2, -0.15) is 0 Å². The van der Waals surface area contributed by atoms with Gasteiger partial charge in [-0.05, 0) is 38.0 Å². The molecule has 0 bridgehead atoms. The maximum Gasteiger partial charge on any atom is 0.253 e. The van der Waals surface area contributed by atoms with Gasteiger partial charge in [0.05, 0.1) is 12.1 Å². The van der Waals surface area contributed by atoms with E-state index in [0.717, 1.165) is 35.7 Å². The van der Waals surface area contributed by atoms with Crippen molar-refractivity contribution in [1.29, 1.82) is 0 Å². The lowest BCUT2D eigenvalue weighted by Crippen LogP contribution is -2.24. The molecule has 5 heteroatoms. The van der Waals surface area contributed by atoms with Crippen molar-refractivity contribution in [2.24, 2.45) is 0 Å². The fourth-order valence-corrected chi connectivity index (χ4v) is 2.03. The summed E-state index contributed by atoms with van der Waals surface area (Å²) in [5.74, 6) is 0.620. The highest BCUT2D eigenvalue weighted by atomic mass is 16.5. The van der Waals surface area contributed by atoms with E-state index in [9.17, 15) is 4.79 Å². The van der Waals surface area contributed by atoms with Crippen molar-refractivity contribution in [3.63, 3.8) is 0 Å². The first kappa shape index (κ1) is 15.1. The minimum Gasteiger partial charge on any atom is -0.384 e. The lowest BCUT2D eigenvalue weighted by molar-refractivity contribution is 0.0951. The summed E-state index contributed by atoms with van der Waals surface area (Å²) in [5.41, 5.74) is 3.35. The van der Waals surface area contributed by atoms with E-state index in [1.165, 1.54) is 0 Å². The fourth-order valence-electron chi connectivity index (χ4n) is 2.03. The molecule has 0 aliphatic carbocycles. The molecule has 0 saturated carbocycles. The van der Waals surface area contributed by atoms with Gasteiger partial charge in [0, 0.05) is 18.3 Å². The van der Waals surface area contributed by atoms with Gasteiger partial charge >= 0.3 is 0 Å². The molecule has 0 spiro atoms. The first-order valence-corrected chi connectivity index (χ1v) is 7.15. The number of nitrogens with zero attached hydrogens (tertiary/aromatic N) is 1. The second-order valence-electron chi connectivity index (χ2n) is 5.09. The topological polar surface area (TPSA) is 67.2 Å². The van der Waals surface area contributed by atoms with E-state index in [2.05, 4.69) is 22.7 Å². The summed E-state index contributed by atoms with van der Waals surface area (Å²) in [4.78, 5) is 12.3. The molecule has 1 heterocycles. The molecule has 5 nitrogen and oxygen atoms in total. The van der Waals surface area contributed by atoms with Crippen molar-refractivity contribution in [3.8, 4) is 0 Å². The van der Waals surface area contributed by atoms with Crippen LogP contribution in [-0.2, 0) is 6.54 Å². The molecule has 1 aromatic heterocycles. The normalized spacial score (nSPS) is 10.4. The van der Waals surface area contributed by atoms with E-state index >= 15 is 0 Å². The summed E-state index contributed by atoms with van der Waals surface area (Å²) < 4.78 is 4.98. The number of benzene rings is 1. The number of carbonyl (C=O) groups is 1. The molecule has 2 aromatic rings. The first-order valence-electron chi connectivity index (χ1n) is 7.15. The number of rotatable bonds is 6. The molecule has 1 aromatic carbocycles. The largest absolute Gasteiger partial charge is 0.384 e. The molecule has 0 unspecified atom stereocenters. The number of aromatic nitrogens is 1. The van der Waals surface area contributed by atoms with Crippen molar-refractivity contribution >= 4 is 11.6 Å². The van der Waals surface area contributed by atoms with Gasteiger partial charge in [0.2, 0.25) is 0 Å². The van der Waals surface area contributed by atoms with Gasteiger partial charge in [-0.25, -0.2) is 0 Å². The van der Waals surface area contributed by atoms with E-state index in [1.807, 2.05) is 38.1 Å². The Bertz CT molecular complexity index is 620. The van der Waals surface area contributed by atoms with Crippen molar-refractivity contribution in [2.45, 2.75) is 33.7 Å². The van der Waals surface area contributed by atoms with Gasteiger partial charge in [0.25, 0.3) is 5.91 Å². The molecule has 21 heavy (non-hydrogen) atoms. The van der Waals surface area contributed by atoms with Gasteiger partial charge in [0.15, 0.2) is 0 Å². The zero-order chi connectivity index (χ0) is 15.2. The summed E-state index contributed by atoms with van der Waals surface area (Å²) in [6.45, 7) is 7.13. The van der Waals surface area contributed by atoms with Crippen LogP contribution < -0.4 is 10.6 Å². The van der Waals surface area contributed by atoms with Gasteiger partial charge in [-0.3, -0.25) is 4.79 Å². The molecular weight excluding hydrogens is 266 g/mol. The molecule has 0 radical (unpaired) electrons. The Labute approximate surface area is 124 Å². The molecule has 0 aliphatic rings. The summed E-state index contributed by atoms with van der Waals surface area (Å²) in [5, 5.41) is 10.0. The third-order valence-corrected chi connectivity index (χ3v) is 3.09. The summed E-state index contributed by atoms with van der Waals surface area (Å²) in [7, 11) is 0. The lowest BCUT2D eigenvalue weighted by Gasteiger charge is -2.12. The van der Waals surface area contributed by atoms with Crippen LogP contribution in [0.1, 0.15) is 40.7 Å². The molecule has 1 amide bonds. The van der Waals surface area contributed by atoms with Crippen LogP contribution in [0.2, 0.25) is 0 Å². The minimum atomic E-state index is -0.116. The average molecular weight is 287 g/mol. The van der Waals surface area contributed by atoms with Crippen molar-refractivity contribution in [2.75, 3.05) is 11.9 Å². The standard InChI is InChI=1S/C16H21N3O2/c1-4-7-17-15-8-11(2)5-6-14(15)16(20)18-10-13-9-12(3)21-19-13/h5-6,8-9,17H,4,7,10H2,1-3H3,(H,18,20). The van der Waals surface area contributed by atoms with Gasteiger partial charge in [-0.1, -0.05) is 18.1 Å². The number of hydrogen-bond acceptors (Lipinski definition) is 4. The number of carbonyl (C=O) groups excluding carboxylic acids is 1. The molecular formula is C16H21N3O2. The molecule has 0 fully saturated rings. The highest BCUT2D eigenvalue weighted by Crippen LogP contribution is 2.18. The van der Waals surface area contributed by atoms with Crippen LogP contribution in [0.15, 0.2) is 28.8 Å². The Balaban J connectivity index is 2.07. The molecule has 0 atom stereocenters. The second kappa shape index (κ2) is 6.92. The number of aryl methyl sites for hydroxylation is 2. The van der Waals surface area contributed by atoms with Crippen LogP contribution in [0.3, 0.4) is 0 Å². The van der Waals surface area contributed by atoms with E-state index < -0.39 is 0 Å². The number of anilines is 1. The van der Waals surface area contributed by atoms with E-state index in [-0.39, 0.29) is 5.91 Å². The quantitative estimate of drug-likeness (QED) is 0.857. The van der Waals surface area contributed by atoms with E-state index in [0.29, 0.717) is 12.1 Å². The first-order chi connectivity index (χ1) is 10.1. The van der Waals surface area contributed by atoms with Crippen LogP contribution >= 0.6 is 0 Å². The Morgan fingerprint density at radius 1 is 1.29 bits per heavy atom. The van der Waals surface area contributed by atoms with Gasteiger partial charge in [0.1, 0.15) is 11.5 Å². The Hall–Kier alpha value is -2.30. The summed E-state index contributed by atoms with van der Waals surface area (Å²) in [6.07, 6.45) is 1.01. The Kier molecular flexibility index (Phi) is 4.98. The molecule has 112 valence electrons. The number of amides is 1. The van der Waals surface area contributed by atoms with Crippen molar-refractivity contribution < 1.29 is 9.32 Å². The fraction of sp³-hybridized carbons (Fsp3) is 0.375. The van der Waals surface area contributed by atoms with Crippen LogP contribution in [-0.4, -0.2) is 17.6 Å². The minimum absolute atomic E-state index is 0.116. The van der Waals surface area contributed by atoms with Crippen molar-refractivity contribution in [1.82, 2.24) is 10.5 Å². The highest BCUT2D eigenvalue weighted by Gasteiger charge is 2.12. The number of nitrogens with one attached hydrogen (secondary N) is 2. The van der Waals surface area contributed by atoms with Gasteiger partial charge in [-0.15, -0.1) is 0 Å². The van der Waals surface area contributed by atoms with Crippen LogP contribution in [0.5, 0.6) is 0 Å². The zero-order valence-electron chi connectivity index (χ0n) is 12.7. The van der Waals surface area contributed by atoms with Gasteiger partial charge < -0.3 is 15.2 Å². The highest BCUT2D eigenvalue weighted by molar-refractivity contribution is 5.99. The van der Waals surface area contributed by atoms with Crippen molar-refractivity contribution in [3.05, 3.63) is 46.8 Å². The monoisotopic (exact) mass is 287 g/mol. The van der Waals surface area contributed by atoms with E-state index in [1.54, 1.807) is 0 Å². The maximum atomic E-state index is 12.3.